The molecule has 0 bridgehead atoms. The van der Waals surface area contributed by atoms with Crippen LogP contribution in [0.25, 0.3) is 0 Å². The third-order valence-electron chi connectivity index (χ3n) is 5.77. The van der Waals surface area contributed by atoms with E-state index in [4.69, 9.17) is 5.26 Å². The molecule has 5 heteroatoms. The summed E-state index contributed by atoms with van der Waals surface area (Å²) in [5, 5.41) is 11.9. The first kappa shape index (κ1) is 20.6. The molecule has 2 aromatic carbocycles. The number of carbonyl (C=O) groups excluding carboxylic acids is 2. The predicted molar refractivity (Wildman–Crippen MR) is 113 cm³/mol. The first-order chi connectivity index (χ1) is 13.9. The number of rotatable bonds is 6. The molecular weight excluding hydrogens is 362 g/mol. The Hall–Kier alpha value is -3.13. The minimum absolute atomic E-state index is 0.00747. The molecule has 0 aromatic heterocycles. The van der Waals surface area contributed by atoms with E-state index in [1.54, 1.807) is 17.0 Å². The second-order valence-corrected chi connectivity index (χ2v) is 7.74. The van der Waals surface area contributed by atoms with Crippen LogP contribution in [0.15, 0.2) is 48.5 Å². The molecule has 0 radical (unpaired) electrons. The van der Waals surface area contributed by atoms with E-state index in [9.17, 15) is 9.59 Å². The average molecular weight is 389 g/mol. The van der Waals surface area contributed by atoms with Crippen molar-refractivity contribution in [3.8, 4) is 6.07 Å². The van der Waals surface area contributed by atoms with Crippen LogP contribution >= 0.6 is 0 Å². The standard InChI is InChI=1S/C24H27N3O2/c1-4-16(2)21-7-5-6-8-22(21)27-15-20(13-23(27)28)24(29)26-17(3)19-11-9-18(14-25)10-12-19/h5-12,16-17,20H,4,13,15H2,1-3H3,(H,26,29). The third-order valence-corrected chi connectivity index (χ3v) is 5.77. The Morgan fingerprint density at radius 2 is 1.90 bits per heavy atom. The van der Waals surface area contributed by atoms with Crippen LogP contribution in [0, 0.1) is 17.2 Å². The predicted octanol–water partition coefficient (Wildman–Crippen LogP) is 4.30. The van der Waals surface area contributed by atoms with E-state index in [2.05, 4.69) is 31.3 Å². The number of amides is 2. The monoisotopic (exact) mass is 389 g/mol. The number of hydrogen-bond acceptors (Lipinski definition) is 3. The maximum atomic E-state index is 12.8. The van der Waals surface area contributed by atoms with Gasteiger partial charge in [0.25, 0.3) is 0 Å². The molecule has 5 nitrogen and oxygen atoms in total. The van der Waals surface area contributed by atoms with Crippen molar-refractivity contribution in [3.63, 3.8) is 0 Å². The number of anilines is 1. The van der Waals surface area contributed by atoms with Crippen molar-refractivity contribution < 1.29 is 9.59 Å². The molecule has 1 saturated heterocycles. The van der Waals surface area contributed by atoms with Gasteiger partial charge in [0, 0.05) is 18.7 Å². The third kappa shape index (κ3) is 4.48. The largest absolute Gasteiger partial charge is 0.349 e. The fraction of sp³-hybridized carbons (Fsp3) is 0.375. The van der Waals surface area contributed by atoms with Gasteiger partial charge in [0.2, 0.25) is 11.8 Å². The van der Waals surface area contributed by atoms with Gasteiger partial charge in [-0.2, -0.15) is 5.26 Å². The average Bonchev–Trinajstić information content (AvgIpc) is 3.14. The smallest absolute Gasteiger partial charge is 0.227 e. The molecule has 0 aliphatic carbocycles. The number of carbonyl (C=O) groups is 2. The molecule has 1 aliphatic heterocycles. The van der Waals surface area contributed by atoms with Crippen LogP contribution in [0.2, 0.25) is 0 Å². The summed E-state index contributed by atoms with van der Waals surface area (Å²) in [6.07, 6.45) is 1.21. The summed E-state index contributed by atoms with van der Waals surface area (Å²) in [6, 6.07) is 17.0. The SMILES string of the molecule is CCC(C)c1ccccc1N1CC(C(=O)NC(C)c2ccc(C#N)cc2)CC1=O. The molecular formula is C24H27N3O2. The summed E-state index contributed by atoms with van der Waals surface area (Å²) in [7, 11) is 0. The number of benzene rings is 2. The Kier molecular flexibility index (Phi) is 6.33. The topological polar surface area (TPSA) is 73.2 Å². The summed E-state index contributed by atoms with van der Waals surface area (Å²) in [6.45, 7) is 6.60. The van der Waals surface area contributed by atoms with Crippen LogP contribution < -0.4 is 10.2 Å². The van der Waals surface area contributed by atoms with Crippen molar-refractivity contribution in [1.82, 2.24) is 5.32 Å². The van der Waals surface area contributed by atoms with Crippen molar-refractivity contribution >= 4 is 17.5 Å². The number of nitrogens with one attached hydrogen (secondary N) is 1. The van der Waals surface area contributed by atoms with E-state index in [-0.39, 0.29) is 30.2 Å². The lowest BCUT2D eigenvalue weighted by molar-refractivity contribution is -0.126. The van der Waals surface area contributed by atoms with Gasteiger partial charge in [-0.3, -0.25) is 9.59 Å². The molecule has 2 aromatic rings. The summed E-state index contributed by atoms with van der Waals surface area (Å²) >= 11 is 0. The van der Waals surface area contributed by atoms with Crippen LogP contribution in [-0.2, 0) is 9.59 Å². The molecule has 3 atom stereocenters. The van der Waals surface area contributed by atoms with Crippen LogP contribution in [0.5, 0.6) is 0 Å². The maximum Gasteiger partial charge on any atom is 0.227 e. The summed E-state index contributed by atoms with van der Waals surface area (Å²) in [4.78, 5) is 27.3. The van der Waals surface area contributed by atoms with Crippen LogP contribution in [0.1, 0.15) is 62.3 Å². The summed E-state index contributed by atoms with van der Waals surface area (Å²) in [5.74, 6) is -0.137. The Bertz CT molecular complexity index is 930. The van der Waals surface area contributed by atoms with Crippen molar-refractivity contribution in [3.05, 3.63) is 65.2 Å². The Labute approximate surface area is 172 Å². The molecule has 1 aliphatic rings. The Balaban J connectivity index is 1.70. The van der Waals surface area contributed by atoms with Crippen molar-refractivity contribution in [2.75, 3.05) is 11.4 Å². The molecule has 0 saturated carbocycles. The van der Waals surface area contributed by atoms with Gasteiger partial charge in [-0.25, -0.2) is 0 Å². The zero-order chi connectivity index (χ0) is 21.0. The fourth-order valence-corrected chi connectivity index (χ4v) is 3.75. The minimum atomic E-state index is -0.367. The normalized spacial score (nSPS) is 18.2. The molecule has 29 heavy (non-hydrogen) atoms. The molecule has 3 rings (SSSR count). The lowest BCUT2D eigenvalue weighted by Gasteiger charge is -2.23. The highest BCUT2D eigenvalue weighted by Gasteiger charge is 2.36. The first-order valence-electron chi connectivity index (χ1n) is 10.1. The van der Waals surface area contributed by atoms with Gasteiger partial charge in [0.05, 0.1) is 23.6 Å². The van der Waals surface area contributed by atoms with E-state index in [0.717, 1.165) is 23.2 Å². The lowest BCUT2D eigenvalue weighted by atomic mass is 9.96. The lowest BCUT2D eigenvalue weighted by Crippen LogP contribution is -2.34. The molecule has 1 heterocycles. The number of para-hydroxylation sites is 1. The molecule has 3 unspecified atom stereocenters. The highest BCUT2D eigenvalue weighted by molar-refractivity contribution is 6.01. The second-order valence-electron chi connectivity index (χ2n) is 7.74. The molecule has 150 valence electrons. The van der Waals surface area contributed by atoms with Gasteiger partial charge in [-0.15, -0.1) is 0 Å². The van der Waals surface area contributed by atoms with Crippen LogP contribution in [-0.4, -0.2) is 18.4 Å². The van der Waals surface area contributed by atoms with E-state index in [1.165, 1.54) is 0 Å². The van der Waals surface area contributed by atoms with Crippen molar-refractivity contribution in [2.24, 2.45) is 5.92 Å². The van der Waals surface area contributed by atoms with E-state index >= 15 is 0 Å². The number of hydrogen-bond donors (Lipinski definition) is 1. The van der Waals surface area contributed by atoms with Gasteiger partial charge >= 0.3 is 0 Å². The van der Waals surface area contributed by atoms with E-state index in [1.807, 2.05) is 37.3 Å². The van der Waals surface area contributed by atoms with E-state index in [0.29, 0.717) is 18.0 Å². The van der Waals surface area contributed by atoms with Gasteiger partial charge in [-0.05, 0) is 48.6 Å². The quantitative estimate of drug-likeness (QED) is 0.800. The van der Waals surface area contributed by atoms with E-state index < -0.39 is 0 Å². The van der Waals surface area contributed by atoms with Gasteiger partial charge in [-0.1, -0.05) is 44.2 Å². The minimum Gasteiger partial charge on any atom is -0.349 e. The molecule has 0 spiro atoms. The van der Waals surface area contributed by atoms with Crippen LogP contribution in [0.3, 0.4) is 0 Å². The molecule has 1 N–H and O–H groups in total. The number of nitrogens with zero attached hydrogens (tertiary/aromatic N) is 2. The van der Waals surface area contributed by atoms with Crippen molar-refractivity contribution in [1.29, 1.82) is 5.26 Å². The molecule has 1 fully saturated rings. The first-order valence-corrected chi connectivity index (χ1v) is 10.1. The van der Waals surface area contributed by atoms with Gasteiger partial charge in [0.15, 0.2) is 0 Å². The zero-order valence-corrected chi connectivity index (χ0v) is 17.2. The molecule has 2 amide bonds. The van der Waals surface area contributed by atoms with Crippen LogP contribution in [0.4, 0.5) is 5.69 Å². The van der Waals surface area contributed by atoms with Gasteiger partial charge < -0.3 is 10.2 Å². The fourth-order valence-electron chi connectivity index (χ4n) is 3.75. The summed E-state index contributed by atoms with van der Waals surface area (Å²) in [5.41, 5.74) is 3.59. The zero-order valence-electron chi connectivity index (χ0n) is 17.2. The van der Waals surface area contributed by atoms with Gasteiger partial charge in [0.1, 0.15) is 0 Å². The second kappa shape index (κ2) is 8.91. The van der Waals surface area contributed by atoms with Crippen molar-refractivity contribution in [2.45, 2.75) is 45.6 Å². The number of nitriles is 1. The highest BCUT2D eigenvalue weighted by atomic mass is 16.2. The maximum absolute atomic E-state index is 12.8. The Morgan fingerprint density at radius 1 is 1.21 bits per heavy atom. The summed E-state index contributed by atoms with van der Waals surface area (Å²) < 4.78 is 0. The highest BCUT2D eigenvalue weighted by Crippen LogP contribution is 2.33. The Morgan fingerprint density at radius 3 is 2.55 bits per heavy atom.